The van der Waals surface area contributed by atoms with Crippen LogP contribution in [-0.4, -0.2) is 9.97 Å². The Balaban J connectivity index is 2.20. The second kappa shape index (κ2) is 4.93. The van der Waals surface area contributed by atoms with Crippen LogP contribution in [0.1, 0.15) is 25.3 Å². The molecule has 0 aliphatic rings. The Morgan fingerprint density at radius 2 is 1.80 bits per heavy atom. The number of fused-ring (bicyclic) bond motifs is 1. The van der Waals surface area contributed by atoms with Crippen molar-refractivity contribution in [1.82, 2.24) is 9.97 Å². The molecule has 0 fully saturated rings. The van der Waals surface area contributed by atoms with Gasteiger partial charge in [-0.2, -0.15) is 0 Å². The van der Waals surface area contributed by atoms with Crippen molar-refractivity contribution in [2.75, 3.05) is 0 Å². The molecule has 3 heteroatoms. The molecule has 0 atom stereocenters. The smallest absolute Gasteiger partial charge is 0.257 e. The molecule has 0 aliphatic heterocycles. The van der Waals surface area contributed by atoms with Crippen LogP contribution in [0.25, 0.3) is 21.9 Å². The van der Waals surface area contributed by atoms with E-state index in [-0.39, 0.29) is 5.56 Å². The van der Waals surface area contributed by atoms with Crippen LogP contribution in [0.4, 0.5) is 0 Å². The van der Waals surface area contributed by atoms with Crippen LogP contribution in [0.3, 0.4) is 0 Å². The highest BCUT2D eigenvalue weighted by Gasteiger charge is 2.07. The Morgan fingerprint density at radius 1 is 1.05 bits per heavy atom. The highest BCUT2D eigenvalue weighted by molar-refractivity contribution is 5.95. The first kappa shape index (κ1) is 12.6. The second-order valence-electron chi connectivity index (χ2n) is 5.23. The molecule has 100 valence electrons. The number of hydrogen-bond acceptors (Lipinski definition) is 2. The van der Waals surface area contributed by atoms with Gasteiger partial charge in [0.15, 0.2) is 0 Å². The number of aromatic amines is 1. The fraction of sp³-hybridized carbons (Fsp3) is 0.176. The lowest BCUT2D eigenvalue weighted by molar-refractivity contribution is 0.867. The molecule has 1 aromatic carbocycles. The molecular weight excluding hydrogens is 248 g/mol. The van der Waals surface area contributed by atoms with E-state index in [1.807, 2.05) is 6.07 Å². The first-order chi connectivity index (χ1) is 9.66. The third kappa shape index (κ3) is 2.11. The van der Waals surface area contributed by atoms with Crippen molar-refractivity contribution in [2.24, 2.45) is 0 Å². The maximum atomic E-state index is 11.8. The average Bonchev–Trinajstić information content (AvgIpc) is 2.48. The molecule has 0 unspecified atom stereocenters. The molecule has 2 heterocycles. The number of hydrogen-bond donors (Lipinski definition) is 1. The van der Waals surface area contributed by atoms with Crippen molar-refractivity contribution >= 4 is 10.8 Å². The maximum Gasteiger partial charge on any atom is 0.257 e. The SMILES string of the molecule is CC(C)c1ccc(-c2c[nH]c(=O)c3cnccc23)cc1. The van der Waals surface area contributed by atoms with Gasteiger partial charge in [0.05, 0.1) is 5.39 Å². The number of H-pyrrole nitrogens is 1. The van der Waals surface area contributed by atoms with Crippen molar-refractivity contribution in [1.29, 1.82) is 0 Å². The van der Waals surface area contributed by atoms with Crippen molar-refractivity contribution in [3.8, 4) is 11.1 Å². The van der Waals surface area contributed by atoms with Gasteiger partial charge in [0.2, 0.25) is 0 Å². The summed E-state index contributed by atoms with van der Waals surface area (Å²) in [6, 6.07) is 10.4. The predicted octanol–water partition coefficient (Wildman–Crippen LogP) is 3.71. The number of nitrogens with zero attached hydrogens (tertiary/aromatic N) is 1. The average molecular weight is 264 g/mol. The first-order valence-electron chi connectivity index (χ1n) is 6.72. The van der Waals surface area contributed by atoms with Gasteiger partial charge < -0.3 is 4.98 Å². The lowest BCUT2D eigenvalue weighted by atomic mass is 9.97. The molecule has 0 radical (unpaired) electrons. The Labute approximate surface area is 117 Å². The van der Waals surface area contributed by atoms with Crippen molar-refractivity contribution in [3.63, 3.8) is 0 Å². The normalized spacial score (nSPS) is 11.2. The van der Waals surface area contributed by atoms with Gasteiger partial charge in [0.25, 0.3) is 5.56 Å². The number of rotatable bonds is 2. The fourth-order valence-electron chi connectivity index (χ4n) is 2.39. The molecule has 2 aromatic heterocycles. The third-order valence-corrected chi connectivity index (χ3v) is 3.59. The van der Waals surface area contributed by atoms with Crippen LogP contribution < -0.4 is 5.56 Å². The third-order valence-electron chi connectivity index (χ3n) is 3.59. The second-order valence-corrected chi connectivity index (χ2v) is 5.23. The summed E-state index contributed by atoms with van der Waals surface area (Å²) in [5.41, 5.74) is 3.33. The largest absolute Gasteiger partial charge is 0.328 e. The van der Waals surface area contributed by atoms with Crippen molar-refractivity contribution < 1.29 is 0 Å². The monoisotopic (exact) mass is 264 g/mol. The summed E-state index contributed by atoms with van der Waals surface area (Å²) in [5, 5.41) is 1.55. The van der Waals surface area contributed by atoms with Crippen LogP contribution in [0.2, 0.25) is 0 Å². The molecule has 1 N–H and O–H groups in total. The lowest BCUT2D eigenvalue weighted by Crippen LogP contribution is -2.06. The highest BCUT2D eigenvalue weighted by Crippen LogP contribution is 2.27. The molecule has 3 nitrogen and oxygen atoms in total. The van der Waals surface area contributed by atoms with E-state index in [1.54, 1.807) is 18.6 Å². The van der Waals surface area contributed by atoms with Gasteiger partial charge in [-0.3, -0.25) is 9.78 Å². The minimum atomic E-state index is -0.101. The van der Waals surface area contributed by atoms with E-state index in [2.05, 4.69) is 48.1 Å². The van der Waals surface area contributed by atoms with Crippen molar-refractivity contribution in [3.05, 3.63) is 64.8 Å². The van der Waals surface area contributed by atoms with Gasteiger partial charge in [-0.1, -0.05) is 38.1 Å². The number of nitrogens with one attached hydrogen (secondary N) is 1. The molecule has 0 saturated heterocycles. The van der Waals surface area contributed by atoms with E-state index in [9.17, 15) is 4.79 Å². The lowest BCUT2D eigenvalue weighted by Gasteiger charge is -2.09. The quantitative estimate of drug-likeness (QED) is 0.766. The van der Waals surface area contributed by atoms with Crippen LogP contribution in [-0.2, 0) is 0 Å². The zero-order chi connectivity index (χ0) is 14.1. The molecule has 3 rings (SSSR count). The zero-order valence-electron chi connectivity index (χ0n) is 11.6. The molecule has 20 heavy (non-hydrogen) atoms. The summed E-state index contributed by atoms with van der Waals surface area (Å²) in [4.78, 5) is 18.6. The number of benzene rings is 1. The molecule has 0 bridgehead atoms. The maximum absolute atomic E-state index is 11.8. The summed E-state index contributed by atoms with van der Waals surface area (Å²) in [6.45, 7) is 4.35. The predicted molar refractivity (Wildman–Crippen MR) is 81.9 cm³/mol. The van der Waals surface area contributed by atoms with Crippen LogP contribution >= 0.6 is 0 Å². The van der Waals surface area contributed by atoms with Gasteiger partial charge in [-0.25, -0.2) is 0 Å². The summed E-state index contributed by atoms with van der Waals surface area (Å²) in [5.74, 6) is 0.514. The topological polar surface area (TPSA) is 45.8 Å². The minimum absolute atomic E-state index is 0.101. The van der Waals surface area contributed by atoms with Gasteiger partial charge in [0, 0.05) is 24.2 Å². The number of pyridine rings is 2. The van der Waals surface area contributed by atoms with Gasteiger partial charge in [-0.15, -0.1) is 0 Å². The summed E-state index contributed by atoms with van der Waals surface area (Å²) < 4.78 is 0. The van der Waals surface area contributed by atoms with Gasteiger partial charge in [-0.05, 0) is 28.5 Å². The van der Waals surface area contributed by atoms with E-state index in [0.29, 0.717) is 11.3 Å². The van der Waals surface area contributed by atoms with Gasteiger partial charge >= 0.3 is 0 Å². The van der Waals surface area contributed by atoms with E-state index in [0.717, 1.165) is 16.5 Å². The van der Waals surface area contributed by atoms with Crippen molar-refractivity contribution in [2.45, 2.75) is 19.8 Å². The Morgan fingerprint density at radius 3 is 2.50 bits per heavy atom. The Hall–Kier alpha value is -2.42. The zero-order valence-corrected chi connectivity index (χ0v) is 11.6. The van der Waals surface area contributed by atoms with E-state index < -0.39 is 0 Å². The highest BCUT2D eigenvalue weighted by atomic mass is 16.1. The molecule has 0 saturated carbocycles. The first-order valence-corrected chi connectivity index (χ1v) is 6.72. The molecule has 0 amide bonds. The van der Waals surface area contributed by atoms with E-state index in [1.165, 1.54) is 5.56 Å². The Kier molecular flexibility index (Phi) is 3.11. The van der Waals surface area contributed by atoms with Crippen LogP contribution in [0.5, 0.6) is 0 Å². The number of aromatic nitrogens is 2. The van der Waals surface area contributed by atoms with E-state index >= 15 is 0 Å². The standard InChI is InChI=1S/C17H16N2O/c1-11(2)12-3-5-13(6-4-12)15-10-19-17(20)16-9-18-8-7-14(15)16/h3-11H,1-2H3,(H,19,20). The van der Waals surface area contributed by atoms with Crippen LogP contribution in [0.15, 0.2) is 53.7 Å². The summed E-state index contributed by atoms with van der Waals surface area (Å²) in [6.07, 6.45) is 5.10. The Bertz CT molecular complexity index is 801. The van der Waals surface area contributed by atoms with E-state index in [4.69, 9.17) is 0 Å². The molecule has 0 spiro atoms. The summed E-state index contributed by atoms with van der Waals surface area (Å²) >= 11 is 0. The van der Waals surface area contributed by atoms with Gasteiger partial charge in [0.1, 0.15) is 0 Å². The minimum Gasteiger partial charge on any atom is -0.328 e. The molecule has 3 aromatic rings. The fourth-order valence-corrected chi connectivity index (χ4v) is 2.39. The summed E-state index contributed by atoms with van der Waals surface area (Å²) in [7, 11) is 0. The molecular formula is C17H16N2O. The van der Waals surface area contributed by atoms with Crippen LogP contribution in [0, 0.1) is 0 Å². The molecule has 0 aliphatic carbocycles.